The number of carbonyl (C=O) groups excluding carboxylic acids is 2. The van der Waals surface area contributed by atoms with E-state index in [1.807, 2.05) is 0 Å². The first kappa shape index (κ1) is 62.6. The highest BCUT2D eigenvalue weighted by Crippen LogP contribution is 2.17. The van der Waals surface area contributed by atoms with Crippen molar-refractivity contribution in [2.45, 2.75) is 296 Å². The summed E-state index contributed by atoms with van der Waals surface area (Å²) < 4.78 is 5.94. The Morgan fingerprint density at radius 2 is 0.831 bits per heavy atom. The van der Waals surface area contributed by atoms with Crippen molar-refractivity contribution in [1.82, 2.24) is 5.32 Å². The van der Waals surface area contributed by atoms with E-state index in [0.717, 1.165) is 89.9 Å². The van der Waals surface area contributed by atoms with E-state index in [-0.39, 0.29) is 24.9 Å². The van der Waals surface area contributed by atoms with E-state index >= 15 is 0 Å². The smallest absolute Gasteiger partial charge is 0.306 e. The van der Waals surface area contributed by atoms with E-state index in [0.29, 0.717) is 19.3 Å². The van der Waals surface area contributed by atoms with E-state index in [4.69, 9.17) is 4.74 Å². The lowest BCUT2D eigenvalue weighted by molar-refractivity contribution is -0.151. The lowest BCUT2D eigenvalue weighted by Gasteiger charge is -2.24. The minimum Gasteiger partial charge on any atom is -0.462 e. The molecule has 0 saturated carbocycles. The number of hydrogen-bond acceptors (Lipinski definition) is 5. The molecule has 0 aliphatic carbocycles. The maximum Gasteiger partial charge on any atom is 0.306 e. The second-order valence-electron chi connectivity index (χ2n) is 19.0. The molecule has 65 heavy (non-hydrogen) atoms. The van der Waals surface area contributed by atoms with Gasteiger partial charge < -0.3 is 20.3 Å². The number of hydrogen-bond donors (Lipinski definition) is 3. The Labute approximate surface area is 403 Å². The van der Waals surface area contributed by atoms with Crippen LogP contribution in [0.25, 0.3) is 0 Å². The normalized spacial score (nSPS) is 13.6. The molecule has 3 unspecified atom stereocenters. The summed E-state index contributed by atoms with van der Waals surface area (Å²) >= 11 is 0. The molecule has 0 bridgehead atoms. The van der Waals surface area contributed by atoms with Crippen molar-refractivity contribution in [3.05, 3.63) is 60.8 Å². The van der Waals surface area contributed by atoms with E-state index in [2.05, 4.69) is 86.8 Å². The Bertz CT molecular complexity index is 1160. The molecule has 0 heterocycles. The van der Waals surface area contributed by atoms with E-state index in [1.54, 1.807) is 0 Å². The molecule has 0 spiro atoms. The van der Waals surface area contributed by atoms with Gasteiger partial charge in [-0.25, -0.2) is 0 Å². The van der Waals surface area contributed by atoms with Crippen LogP contribution in [-0.2, 0) is 14.3 Å². The van der Waals surface area contributed by atoms with Crippen molar-refractivity contribution in [3.8, 4) is 0 Å². The van der Waals surface area contributed by atoms with E-state index in [1.165, 1.54) is 141 Å². The first-order chi connectivity index (χ1) is 32.0. The Morgan fingerprint density at radius 3 is 1.32 bits per heavy atom. The van der Waals surface area contributed by atoms with Gasteiger partial charge in [0.1, 0.15) is 6.10 Å². The van der Waals surface area contributed by atoms with Gasteiger partial charge in [-0.15, -0.1) is 0 Å². The molecule has 0 saturated heterocycles. The molecule has 0 rings (SSSR count). The summed E-state index contributed by atoms with van der Waals surface area (Å²) in [5.41, 5.74) is 0. The van der Waals surface area contributed by atoms with Crippen LogP contribution in [0.15, 0.2) is 60.8 Å². The fraction of sp³-hybridized carbons (Fsp3) is 0.797. The van der Waals surface area contributed by atoms with Crippen molar-refractivity contribution in [2.75, 3.05) is 6.61 Å². The number of carbonyl (C=O) groups is 2. The fourth-order valence-corrected chi connectivity index (χ4v) is 8.31. The highest BCUT2D eigenvalue weighted by Gasteiger charge is 2.24. The van der Waals surface area contributed by atoms with Crippen molar-refractivity contribution in [1.29, 1.82) is 0 Å². The standard InChI is InChI=1S/C59H107NO5/c1-4-7-10-13-16-19-22-24-26-28-29-30-32-34-37-40-43-46-49-52-59(64)65-55(50-47-44-41-38-36-33-31-27-25-23-20-17-14-11-8-5-2)53-58(63)60-56(54-61)57(62)51-48-45-42-39-35-21-18-15-12-9-6-3/h16,19,24,26-27,29-31,33,36,55-57,61-62H,4-15,17-18,20-23,25,28,32,34-35,37-54H2,1-3H3,(H,60,63)/b19-16-,26-24-,30-29-,31-27+,36-33+. The average Bonchev–Trinajstić information content (AvgIpc) is 3.30. The molecule has 0 aromatic rings. The molecule has 3 atom stereocenters. The minimum absolute atomic E-state index is 0.0537. The summed E-state index contributed by atoms with van der Waals surface area (Å²) in [4.78, 5) is 26.2. The van der Waals surface area contributed by atoms with Crippen LogP contribution in [-0.4, -0.2) is 46.9 Å². The predicted octanol–water partition coefficient (Wildman–Crippen LogP) is 17.2. The maximum absolute atomic E-state index is 13.2. The molecular formula is C59H107NO5. The predicted molar refractivity (Wildman–Crippen MR) is 282 cm³/mol. The van der Waals surface area contributed by atoms with Crippen LogP contribution in [0.4, 0.5) is 0 Å². The summed E-state index contributed by atoms with van der Waals surface area (Å²) in [7, 11) is 0. The zero-order chi connectivity index (χ0) is 47.4. The highest BCUT2D eigenvalue weighted by molar-refractivity contribution is 5.77. The third-order valence-electron chi connectivity index (χ3n) is 12.6. The number of unbranched alkanes of at least 4 members (excludes halogenated alkanes) is 29. The third-order valence-corrected chi connectivity index (χ3v) is 12.6. The molecular weight excluding hydrogens is 803 g/mol. The van der Waals surface area contributed by atoms with Crippen LogP contribution >= 0.6 is 0 Å². The van der Waals surface area contributed by atoms with Crippen LogP contribution in [0.1, 0.15) is 278 Å². The number of aliphatic hydroxyl groups is 2. The van der Waals surface area contributed by atoms with Gasteiger partial charge in [-0.05, 0) is 89.9 Å². The van der Waals surface area contributed by atoms with Crippen LogP contribution in [0.5, 0.6) is 0 Å². The SMILES string of the molecule is CCCCC/C=C\C/C=C\C/C=C\CCCCCCCCC(=O)OC(CCCCC/C=C/C=C/CCCCCCCCC)CC(=O)NC(CO)C(O)CCCCCCCCCCCCC. The van der Waals surface area contributed by atoms with Crippen molar-refractivity contribution < 1.29 is 24.5 Å². The molecule has 0 aliphatic heterocycles. The Morgan fingerprint density at radius 1 is 0.462 bits per heavy atom. The van der Waals surface area contributed by atoms with Gasteiger partial charge in [0.2, 0.25) is 5.91 Å². The number of nitrogens with one attached hydrogen (secondary N) is 1. The fourth-order valence-electron chi connectivity index (χ4n) is 8.31. The Hall–Kier alpha value is -2.44. The van der Waals surface area contributed by atoms with Gasteiger partial charge in [0.05, 0.1) is 25.2 Å². The molecule has 3 N–H and O–H groups in total. The zero-order valence-corrected chi connectivity index (χ0v) is 43.1. The molecule has 0 aliphatic rings. The third kappa shape index (κ3) is 47.8. The molecule has 0 aromatic heterocycles. The van der Waals surface area contributed by atoms with Crippen molar-refractivity contribution >= 4 is 11.9 Å². The summed E-state index contributed by atoms with van der Waals surface area (Å²) in [5, 5.41) is 23.8. The Balaban J connectivity index is 4.63. The van der Waals surface area contributed by atoms with Gasteiger partial charge in [0.15, 0.2) is 0 Å². The molecule has 1 amide bonds. The van der Waals surface area contributed by atoms with Crippen molar-refractivity contribution in [2.24, 2.45) is 0 Å². The monoisotopic (exact) mass is 910 g/mol. The molecule has 6 heteroatoms. The topological polar surface area (TPSA) is 95.9 Å². The number of amides is 1. The van der Waals surface area contributed by atoms with Gasteiger partial charge in [0.25, 0.3) is 0 Å². The first-order valence-electron chi connectivity index (χ1n) is 28.0. The lowest BCUT2D eigenvalue weighted by atomic mass is 10.0. The van der Waals surface area contributed by atoms with Gasteiger partial charge in [0, 0.05) is 6.42 Å². The largest absolute Gasteiger partial charge is 0.462 e. The summed E-state index contributed by atoms with van der Waals surface area (Å²) in [6, 6.07) is -0.714. The highest BCUT2D eigenvalue weighted by atomic mass is 16.5. The van der Waals surface area contributed by atoms with Gasteiger partial charge in [-0.2, -0.15) is 0 Å². The Kier molecular flexibility index (Phi) is 50.6. The first-order valence-corrected chi connectivity index (χ1v) is 28.0. The molecule has 6 nitrogen and oxygen atoms in total. The second-order valence-corrected chi connectivity index (χ2v) is 19.0. The number of rotatable bonds is 50. The molecule has 0 aromatic carbocycles. The molecule has 0 radical (unpaired) electrons. The van der Waals surface area contributed by atoms with E-state index < -0.39 is 18.2 Å². The van der Waals surface area contributed by atoms with Crippen molar-refractivity contribution in [3.63, 3.8) is 0 Å². The number of allylic oxidation sites excluding steroid dienone is 10. The summed E-state index contributed by atoms with van der Waals surface area (Å²) in [6.07, 6.45) is 65.7. The van der Waals surface area contributed by atoms with Crippen LogP contribution in [0.3, 0.4) is 0 Å². The summed E-state index contributed by atoms with van der Waals surface area (Å²) in [5.74, 6) is -0.510. The van der Waals surface area contributed by atoms with Crippen LogP contribution in [0, 0.1) is 0 Å². The quantitative estimate of drug-likeness (QED) is 0.0245. The second kappa shape index (κ2) is 52.5. The number of aliphatic hydroxyl groups excluding tert-OH is 2. The van der Waals surface area contributed by atoms with Gasteiger partial charge >= 0.3 is 5.97 Å². The maximum atomic E-state index is 13.2. The van der Waals surface area contributed by atoms with Gasteiger partial charge in [-0.3, -0.25) is 9.59 Å². The van der Waals surface area contributed by atoms with Crippen LogP contribution in [0.2, 0.25) is 0 Å². The zero-order valence-electron chi connectivity index (χ0n) is 43.1. The van der Waals surface area contributed by atoms with Crippen LogP contribution < -0.4 is 5.32 Å². The van der Waals surface area contributed by atoms with E-state index in [9.17, 15) is 19.8 Å². The number of ether oxygens (including phenoxy) is 1. The lowest BCUT2D eigenvalue weighted by Crippen LogP contribution is -2.46. The summed E-state index contributed by atoms with van der Waals surface area (Å²) in [6.45, 7) is 6.45. The molecule has 378 valence electrons. The van der Waals surface area contributed by atoms with Gasteiger partial charge in [-0.1, -0.05) is 236 Å². The number of esters is 1. The average molecular weight is 911 g/mol. The molecule has 0 fully saturated rings. The minimum atomic E-state index is -0.798.